The maximum Gasteiger partial charge on any atom is 0.132 e. The summed E-state index contributed by atoms with van der Waals surface area (Å²) in [6.07, 6.45) is 18.2. The van der Waals surface area contributed by atoms with Gasteiger partial charge in [-0.1, -0.05) is 108 Å². The number of rotatable bonds is 16. The predicted octanol–water partition coefficient (Wildman–Crippen LogP) is 7.53. The molecular formula is C24H40O. The average Bonchev–Trinajstić information content (AvgIpc) is 2.62. The summed E-state index contributed by atoms with van der Waals surface area (Å²) in [5, 5.41) is 0. The third-order valence-corrected chi connectivity index (χ3v) is 5.36. The van der Waals surface area contributed by atoms with E-state index in [1.54, 1.807) is 6.92 Å². The Bertz CT molecular complexity index is 423. The molecule has 1 nitrogen and oxygen atoms in total. The third-order valence-electron chi connectivity index (χ3n) is 5.36. The molecule has 1 heteroatoms. The maximum atomic E-state index is 11.9. The molecule has 0 amide bonds. The van der Waals surface area contributed by atoms with Crippen LogP contribution in [0.5, 0.6) is 0 Å². The van der Waals surface area contributed by atoms with E-state index in [-0.39, 0.29) is 5.92 Å². The van der Waals surface area contributed by atoms with Crippen LogP contribution < -0.4 is 0 Å². The van der Waals surface area contributed by atoms with Crippen molar-refractivity contribution in [2.24, 2.45) is 5.92 Å². The zero-order valence-corrected chi connectivity index (χ0v) is 16.8. The van der Waals surface area contributed by atoms with Gasteiger partial charge in [0.1, 0.15) is 5.78 Å². The molecule has 0 fully saturated rings. The number of aryl methyl sites for hydroxylation is 1. The molecule has 0 aromatic heterocycles. The Morgan fingerprint density at radius 1 is 0.760 bits per heavy atom. The second-order valence-corrected chi connectivity index (χ2v) is 7.66. The third kappa shape index (κ3) is 12.0. The quantitative estimate of drug-likeness (QED) is 0.283. The van der Waals surface area contributed by atoms with Crippen LogP contribution in [0.4, 0.5) is 0 Å². The van der Waals surface area contributed by atoms with E-state index >= 15 is 0 Å². The van der Waals surface area contributed by atoms with E-state index in [1.807, 2.05) is 0 Å². The Morgan fingerprint density at radius 2 is 1.28 bits per heavy atom. The highest BCUT2D eigenvalue weighted by molar-refractivity contribution is 5.78. The lowest BCUT2D eigenvalue weighted by atomic mass is 9.91. The van der Waals surface area contributed by atoms with Crippen LogP contribution in [-0.4, -0.2) is 5.78 Å². The highest BCUT2D eigenvalue weighted by Gasteiger charge is 2.13. The molecule has 1 atom stereocenters. The second-order valence-electron chi connectivity index (χ2n) is 7.66. The highest BCUT2D eigenvalue weighted by atomic mass is 16.1. The van der Waals surface area contributed by atoms with E-state index in [4.69, 9.17) is 0 Å². The summed E-state index contributed by atoms with van der Waals surface area (Å²) in [4.78, 5) is 11.9. The van der Waals surface area contributed by atoms with Crippen molar-refractivity contribution in [2.75, 3.05) is 0 Å². The highest BCUT2D eigenvalue weighted by Crippen LogP contribution is 2.19. The Kier molecular flexibility index (Phi) is 13.3. The van der Waals surface area contributed by atoms with E-state index in [0.717, 1.165) is 19.3 Å². The van der Waals surface area contributed by atoms with Gasteiger partial charge in [-0.3, -0.25) is 4.79 Å². The molecule has 0 bridgehead atoms. The summed E-state index contributed by atoms with van der Waals surface area (Å²) in [5.74, 6) is 0.641. The predicted molar refractivity (Wildman–Crippen MR) is 110 cm³/mol. The molecule has 0 heterocycles. The molecule has 25 heavy (non-hydrogen) atoms. The molecule has 0 saturated carbocycles. The first kappa shape index (κ1) is 21.9. The molecule has 0 N–H and O–H groups in total. The molecule has 0 aliphatic heterocycles. The Hall–Kier alpha value is -1.11. The van der Waals surface area contributed by atoms with Crippen LogP contribution in [0.15, 0.2) is 30.3 Å². The number of carbonyl (C=O) groups is 1. The fraction of sp³-hybridized carbons (Fsp3) is 0.708. The van der Waals surface area contributed by atoms with Crippen LogP contribution in [0.1, 0.15) is 103 Å². The molecule has 1 unspecified atom stereocenters. The van der Waals surface area contributed by atoms with Gasteiger partial charge in [0, 0.05) is 5.92 Å². The number of hydrogen-bond acceptors (Lipinski definition) is 1. The minimum Gasteiger partial charge on any atom is -0.300 e. The zero-order valence-electron chi connectivity index (χ0n) is 16.8. The van der Waals surface area contributed by atoms with Crippen molar-refractivity contribution in [3.63, 3.8) is 0 Å². The van der Waals surface area contributed by atoms with Crippen molar-refractivity contribution in [1.82, 2.24) is 0 Å². The first-order valence-corrected chi connectivity index (χ1v) is 10.8. The van der Waals surface area contributed by atoms with Crippen LogP contribution in [0.25, 0.3) is 0 Å². The van der Waals surface area contributed by atoms with Gasteiger partial charge in [-0.05, 0) is 31.7 Å². The first-order chi connectivity index (χ1) is 12.2. The fourth-order valence-corrected chi connectivity index (χ4v) is 3.59. The number of carbonyl (C=O) groups excluding carboxylic acids is 1. The average molecular weight is 345 g/mol. The van der Waals surface area contributed by atoms with E-state index in [1.165, 1.54) is 76.2 Å². The molecule has 0 radical (unpaired) electrons. The van der Waals surface area contributed by atoms with Crippen molar-refractivity contribution in [3.8, 4) is 0 Å². The van der Waals surface area contributed by atoms with E-state index in [0.29, 0.717) is 5.78 Å². The SMILES string of the molecule is CCCCCCCCCCCCCC(CCc1ccccc1)C(C)=O. The lowest BCUT2D eigenvalue weighted by Gasteiger charge is -2.13. The molecular weight excluding hydrogens is 304 g/mol. The van der Waals surface area contributed by atoms with Gasteiger partial charge in [-0.15, -0.1) is 0 Å². The summed E-state index contributed by atoms with van der Waals surface area (Å²) >= 11 is 0. The molecule has 0 aliphatic carbocycles. The van der Waals surface area contributed by atoms with Crippen molar-refractivity contribution in [2.45, 2.75) is 104 Å². The van der Waals surface area contributed by atoms with Gasteiger partial charge in [0.05, 0.1) is 0 Å². The Balaban J connectivity index is 2.01. The van der Waals surface area contributed by atoms with Crippen LogP contribution in [0.3, 0.4) is 0 Å². The van der Waals surface area contributed by atoms with Crippen LogP contribution >= 0.6 is 0 Å². The normalized spacial score (nSPS) is 12.2. The molecule has 1 aromatic carbocycles. The van der Waals surface area contributed by atoms with Crippen molar-refractivity contribution in [1.29, 1.82) is 0 Å². The van der Waals surface area contributed by atoms with Crippen molar-refractivity contribution in [3.05, 3.63) is 35.9 Å². The molecule has 142 valence electrons. The first-order valence-electron chi connectivity index (χ1n) is 10.8. The van der Waals surface area contributed by atoms with Crippen LogP contribution in [0.2, 0.25) is 0 Å². The largest absolute Gasteiger partial charge is 0.300 e. The topological polar surface area (TPSA) is 17.1 Å². The number of benzene rings is 1. The van der Waals surface area contributed by atoms with Crippen molar-refractivity contribution < 1.29 is 4.79 Å². The van der Waals surface area contributed by atoms with Gasteiger partial charge in [-0.2, -0.15) is 0 Å². The minimum atomic E-state index is 0.263. The number of unbranched alkanes of at least 4 members (excludes halogenated alkanes) is 10. The Morgan fingerprint density at radius 3 is 1.80 bits per heavy atom. The number of Topliss-reactive ketones (excluding diaryl/α,β-unsaturated/α-hetero) is 1. The zero-order chi connectivity index (χ0) is 18.2. The molecule has 0 spiro atoms. The lowest BCUT2D eigenvalue weighted by Crippen LogP contribution is -2.12. The molecule has 0 saturated heterocycles. The molecule has 1 rings (SSSR count). The van der Waals surface area contributed by atoms with Crippen molar-refractivity contribution >= 4 is 5.78 Å². The van der Waals surface area contributed by atoms with Gasteiger partial charge < -0.3 is 0 Å². The van der Waals surface area contributed by atoms with Gasteiger partial charge in [0.15, 0.2) is 0 Å². The summed E-state index contributed by atoms with van der Waals surface area (Å²) < 4.78 is 0. The second kappa shape index (κ2) is 15.2. The standard InChI is InChI=1S/C24H40O/c1-3-4-5-6-7-8-9-10-11-12-16-19-24(22(2)25)21-20-23-17-14-13-15-18-23/h13-15,17-18,24H,3-12,16,19-21H2,1-2H3. The monoisotopic (exact) mass is 344 g/mol. The number of hydrogen-bond donors (Lipinski definition) is 0. The number of ketones is 1. The Labute approximate surface area is 156 Å². The summed E-state index contributed by atoms with van der Waals surface area (Å²) in [6.45, 7) is 4.05. The van der Waals surface area contributed by atoms with E-state index in [9.17, 15) is 4.79 Å². The molecule has 0 aliphatic rings. The summed E-state index contributed by atoms with van der Waals surface area (Å²) in [5.41, 5.74) is 1.35. The minimum absolute atomic E-state index is 0.263. The van der Waals surface area contributed by atoms with Gasteiger partial charge in [0.25, 0.3) is 0 Å². The maximum absolute atomic E-state index is 11.9. The summed E-state index contributed by atoms with van der Waals surface area (Å²) in [6, 6.07) is 10.6. The lowest BCUT2D eigenvalue weighted by molar-refractivity contribution is -0.121. The molecule has 1 aromatic rings. The van der Waals surface area contributed by atoms with E-state index < -0.39 is 0 Å². The summed E-state index contributed by atoms with van der Waals surface area (Å²) in [7, 11) is 0. The van der Waals surface area contributed by atoms with Gasteiger partial charge >= 0.3 is 0 Å². The van der Waals surface area contributed by atoms with Crippen LogP contribution in [-0.2, 0) is 11.2 Å². The van der Waals surface area contributed by atoms with Gasteiger partial charge in [0.2, 0.25) is 0 Å². The van der Waals surface area contributed by atoms with Crippen LogP contribution in [0, 0.1) is 5.92 Å². The van der Waals surface area contributed by atoms with E-state index in [2.05, 4.69) is 37.3 Å². The fourth-order valence-electron chi connectivity index (χ4n) is 3.59. The van der Waals surface area contributed by atoms with Gasteiger partial charge in [-0.25, -0.2) is 0 Å². The smallest absolute Gasteiger partial charge is 0.132 e.